The fourth-order valence-corrected chi connectivity index (χ4v) is 5.36. The van der Waals surface area contributed by atoms with Crippen molar-refractivity contribution in [2.24, 2.45) is 0 Å². The summed E-state index contributed by atoms with van der Waals surface area (Å²) in [5.74, 6) is 1.19. The largest absolute Gasteiger partial charge is 0.492 e. The van der Waals surface area contributed by atoms with Crippen LogP contribution in [0.3, 0.4) is 0 Å². The number of ether oxygens (including phenoxy) is 1. The second-order valence-corrected chi connectivity index (χ2v) is 10.4. The number of rotatable bonds is 11. The van der Waals surface area contributed by atoms with Gasteiger partial charge in [-0.25, -0.2) is 4.98 Å². The molecule has 2 heterocycles. The summed E-state index contributed by atoms with van der Waals surface area (Å²) < 4.78 is 7.71. The van der Waals surface area contributed by atoms with Gasteiger partial charge in [0.2, 0.25) is 5.91 Å². The van der Waals surface area contributed by atoms with Crippen LogP contribution in [-0.2, 0) is 17.8 Å². The normalized spacial score (nSPS) is 10.9. The van der Waals surface area contributed by atoms with E-state index < -0.39 is 0 Å². The molecule has 3 aromatic rings. The molecule has 188 valence electrons. The van der Waals surface area contributed by atoms with Crippen molar-refractivity contribution in [3.63, 3.8) is 0 Å². The van der Waals surface area contributed by atoms with Crippen LogP contribution in [-0.4, -0.2) is 62.9 Å². The third-order valence-corrected chi connectivity index (χ3v) is 7.34. The van der Waals surface area contributed by atoms with E-state index >= 15 is 0 Å². The van der Waals surface area contributed by atoms with E-state index in [-0.39, 0.29) is 17.6 Å². The van der Waals surface area contributed by atoms with Gasteiger partial charge in [0.05, 0.1) is 23.1 Å². The number of aromatic nitrogens is 4. The topological polar surface area (TPSA) is 102 Å². The second kappa shape index (κ2) is 12.6. The summed E-state index contributed by atoms with van der Waals surface area (Å²) in [6.45, 7) is 4.90. The van der Waals surface area contributed by atoms with Gasteiger partial charge in [0.15, 0.2) is 10.3 Å². The molecule has 1 aromatic carbocycles. The fourth-order valence-electron chi connectivity index (χ4n) is 3.07. The van der Waals surface area contributed by atoms with Crippen LogP contribution in [0.5, 0.6) is 5.75 Å². The number of amides is 2. The number of nitrogens with zero attached hydrogens (tertiary/aromatic N) is 5. The first-order valence-electron chi connectivity index (χ1n) is 10.8. The van der Waals surface area contributed by atoms with Crippen LogP contribution >= 0.6 is 46.3 Å². The van der Waals surface area contributed by atoms with E-state index in [9.17, 15) is 9.59 Å². The molecule has 13 heteroatoms. The molecule has 0 aliphatic rings. The van der Waals surface area contributed by atoms with Gasteiger partial charge in [-0.2, -0.15) is 0 Å². The molecule has 2 amide bonds. The summed E-state index contributed by atoms with van der Waals surface area (Å²) in [6.07, 6.45) is 1.39. The number of thioether (sulfide) groups is 1. The number of nitrogens with one attached hydrogen (secondary N) is 1. The van der Waals surface area contributed by atoms with Gasteiger partial charge in [-0.15, -0.1) is 10.2 Å². The number of halogens is 2. The Hall–Kier alpha value is -2.34. The molecule has 0 unspecified atom stereocenters. The highest BCUT2D eigenvalue weighted by Crippen LogP contribution is 2.28. The highest BCUT2D eigenvalue weighted by molar-refractivity contribution is 7.99. The van der Waals surface area contributed by atoms with Crippen molar-refractivity contribution in [1.29, 1.82) is 0 Å². The average molecular weight is 558 g/mol. The van der Waals surface area contributed by atoms with Gasteiger partial charge in [-0.1, -0.05) is 46.3 Å². The van der Waals surface area contributed by atoms with E-state index in [0.717, 1.165) is 12.2 Å². The summed E-state index contributed by atoms with van der Waals surface area (Å²) in [7, 11) is 3.35. The summed E-state index contributed by atoms with van der Waals surface area (Å²) >= 11 is 14.5. The molecule has 0 spiro atoms. The third-order valence-electron chi connectivity index (χ3n) is 4.78. The van der Waals surface area contributed by atoms with E-state index in [2.05, 4.69) is 20.5 Å². The fraction of sp³-hybridized carbons (Fsp3) is 0.409. The molecule has 0 bridgehead atoms. The number of hydrogen-bond acceptors (Lipinski definition) is 8. The van der Waals surface area contributed by atoms with E-state index in [0.29, 0.717) is 56.2 Å². The lowest BCUT2D eigenvalue weighted by Crippen LogP contribution is -2.21. The number of anilines is 1. The molecule has 0 saturated heterocycles. The molecular weight excluding hydrogens is 531 g/mol. The molecule has 9 nitrogen and oxygen atoms in total. The predicted octanol–water partition coefficient (Wildman–Crippen LogP) is 4.81. The summed E-state index contributed by atoms with van der Waals surface area (Å²) in [5.41, 5.74) is 0.592. The molecule has 35 heavy (non-hydrogen) atoms. The van der Waals surface area contributed by atoms with Gasteiger partial charge in [0, 0.05) is 32.1 Å². The lowest BCUT2D eigenvalue weighted by Gasteiger charge is -2.09. The third kappa shape index (κ3) is 7.33. The molecule has 2 aromatic heterocycles. The van der Waals surface area contributed by atoms with E-state index in [4.69, 9.17) is 27.9 Å². The summed E-state index contributed by atoms with van der Waals surface area (Å²) in [4.78, 5) is 30.9. The Morgan fingerprint density at radius 1 is 1.26 bits per heavy atom. The SMILES string of the molecule is CCn1c(CCCOc2ccc(Cl)cc2Cl)nnc1SCC(=O)Nc1nc(C)c(C(=O)N(C)C)s1. The number of benzene rings is 1. The van der Waals surface area contributed by atoms with Crippen molar-refractivity contribution in [3.05, 3.63) is 44.6 Å². The molecular formula is C22H26Cl2N6O3S2. The van der Waals surface area contributed by atoms with Crippen LogP contribution < -0.4 is 10.1 Å². The average Bonchev–Trinajstić information content (AvgIpc) is 3.37. The van der Waals surface area contributed by atoms with Crippen LogP contribution in [0.2, 0.25) is 10.0 Å². The zero-order valence-corrected chi connectivity index (χ0v) is 22.9. The first-order valence-corrected chi connectivity index (χ1v) is 13.4. The van der Waals surface area contributed by atoms with Gasteiger partial charge in [0.1, 0.15) is 16.5 Å². The maximum atomic E-state index is 12.5. The molecule has 0 radical (unpaired) electrons. The van der Waals surface area contributed by atoms with Crippen molar-refractivity contribution in [3.8, 4) is 5.75 Å². The highest BCUT2D eigenvalue weighted by atomic mass is 35.5. The number of carbonyl (C=O) groups is 2. The minimum atomic E-state index is -0.229. The maximum Gasteiger partial charge on any atom is 0.265 e. The Bertz CT molecular complexity index is 1200. The lowest BCUT2D eigenvalue weighted by atomic mass is 10.3. The van der Waals surface area contributed by atoms with Crippen LogP contribution in [0, 0.1) is 6.92 Å². The molecule has 0 atom stereocenters. The first-order chi connectivity index (χ1) is 16.7. The number of aryl methyl sites for hydroxylation is 2. The molecule has 1 N–H and O–H groups in total. The quantitative estimate of drug-likeness (QED) is 0.267. The molecule has 3 rings (SSSR count). The summed E-state index contributed by atoms with van der Waals surface area (Å²) in [6, 6.07) is 5.12. The monoisotopic (exact) mass is 556 g/mol. The standard InChI is InChI=1S/C22H26Cl2N6O3S2/c1-5-30-17(7-6-10-33-16-9-8-14(23)11-15(16)24)27-28-22(30)34-12-18(31)26-21-25-13(2)19(35-21)20(32)29(3)4/h8-9,11H,5-7,10,12H2,1-4H3,(H,25,26,31). The van der Waals surface area contributed by atoms with E-state index in [1.807, 2.05) is 11.5 Å². The number of carbonyl (C=O) groups excluding carboxylic acids is 2. The van der Waals surface area contributed by atoms with Crippen molar-refractivity contribution in [1.82, 2.24) is 24.6 Å². The van der Waals surface area contributed by atoms with Crippen molar-refractivity contribution in [2.75, 3.05) is 31.8 Å². The molecule has 0 saturated carbocycles. The van der Waals surface area contributed by atoms with Gasteiger partial charge in [-0.05, 0) is 38.5 Å². The van der Waals surface area contributed by atoms with Gasteiger partial charge >= 0.3 is 0 Å². The van der Waals surface area contributed by atoms with Gasteiger partial charge in [0.25, 0.3) is 5.91 Å². The van der Waals surface area contributed by atoms with Crippen LogP contribution in [0.15, 0.2) is 23.4 Å². The number of hydrogen-bond donors (Lipinski definition) is 1. The highest BCUT2D eigenvalue weighted by Gasteiger charge is 2.19. The Morgan fingerprint density at radius 3 is 2.71 bits per heavy atom. The Labute approximate surface area is 222 Å². The summed E-state index contributed by atoms with van der Waals surface area (Å²) in [5, 5.41) is 13.4. The number of thiazole rings is 1. The molecule has 0 fully saturated rings. The predicted molar refractivity (Wildman–Crippen MR) is 140 cm³/mol. The Balaban J connectivity index is 1.50. The van der Waals surface area contributed by atoms with E-state index in [1.165, 1.54) is 28.0 Å². The molecule has 0 aliphatic heterocycles. The van der Waals surface area contributed by atoms with Crippen molar-refractivity contribution < 1.29 is 14.3 Å². The van der Waals surface area contributed by atoms with Crippen molar-refractivity contribution in [2.45, 2.75) is 38.4 Å². The van der Waals surface area contributed by atoms with Gasteiger partial charge in [-0.3, -0.25) is 9.59 Å². The smallest absolute Gasteiger partial charge is 0.265 e. The van der Waals surface area contributed by atoms with Crippen LogP contribution in [0.25, 0.3) is 0 Å². The zero-order chi connectivity index (χ0) is 25.5. The molecule has 0 aliphatic carbocycles. The van der Waals surface area contributed by atoms with Crippen LogP contribution in [0.4, 0.5) is 5.13 Å². The maximum absolute atomic E-state index is 12.5. The second-order valence-electron chi connectivity index (χ2n) is 7.64. The lowest BCUT2D eigenvalue weighted by molar-refractivity contribution is -0.113. The zero-order valence-electron chi connectivity index (χ0n) is 19.8. The van der Waals surface area contributed by atoms with Gasteiger partial charge < -0.3 is 19.5 Å². The minimum absolute atomic E-state index is 0.139. The Morgan fingerprint density at radius 2 is 2.03 bits per heavy atom. The van der Waals surface area contributed by atoms with Crippen molar-refractivity contribution >= 4 is 63.2 Å². The first kappa shape index (κ1) is 27.3. The van der Waals surface area contributed by atoms with Crippen LogP contribution in [0.1, 0.15) is 34.5 Å². The van der Waals surface area contributed by atoms with E-state index in [1.54, 1.807) is 39.2 Å². The Kier molecular flexibility index (Phi) is 9.79. The minimum Gasteiger partial charge on any atom is -0.492 e.